The van der Waals surface area contributed by atoms with Crippen LogP contribution >= 0.6 is 23.2 Å². The summed E-state index contributed by atoms with van der Waals surface area (Å²) >= 11 is 12.3. The Balaban J connectivity index is 2.52. The van der Waals surface area contributed by atoms with Gasteiger partial charge in [0, 0.05) is 23.6 Å². The van der Waals surface area contributed by atoms with E-state index in [2.05, 4.69) is 5.32 Å². The number of carbonyl (C=O) groups excluding carboxylic acids is 2. The molecule has 0 unspecified atom stereocenters. The molecular formula is C23H29Cl2N3O4S. The monoisotopic (exact) mass is 513 g/mol. The lowest BCUT2D eigenvalue weighted by Crippen LogP contribution is -2.51. The summed E-state index contributed by atoms with van der Waals surface area (Å²) in [5.41, 5.74) is 2.48. The van der Waals surface area contributed by atoms with Crippen molar-refractivity contribution in [1.82, 2.24) is 10.2 Å². The van der Waals surface area contributed by atoms with Crippen molar-refractivity contribution in [2.45, 2.75) is 39.8 Å². The number of likely N-dealkylation sites (N-methyl/N-ethyl adjacent to an activating group) is 1. The Bertz CT molecular complexity index is 1120. The van der Waals surface area contributed by atoms with Crippen molar-refractivity contribution in [3.05, 3.63) is 63.1 Å². The zero-order valence-electron chi connectivity index (χ0n) is 19.4. The zero-order valence-corrected chi connectivity index (χ0v) is 21.7. The van der Waals surface area contributed by atoms with Crippen LogP contribution in [0.25, 0.3) is 0 Å². The van der Waals surface area contributed by atoms with Crippen LogP contribution in [0.15, 0.2) is 36.4 Å². The summed E-state index contributed by atoms with van der Waals surface area (Å²) in [5, 5.41) is 3.37. The fourth-order valence-electron chi connectivity index (χ4n) is 3.69. The van der Waals surface area contributed by atoms with E-state index in [1.54, 1.807) is 51.1 Å². The number of anilines is 1. The second kappa shape index (κ2) is 11.2. The fraction of sp³-hybridized carbons (Fsp3) is 0.391. The quantitative estimate of drug-likeness (QED) is 0.550. The van der Waals surface area contributed by atoms with E-state index in [0.717, 1.165) is 21.7 Å². The van der Waals surface area contributed by atoms with E-state index in [9.17, 15) is 18.0 Å². The predicted octanol–water partition coefficient (Wildman–Crippen LogP) is 3.93. The third kappa shape index (κ3) is 6.62. The fourth-order valence-corrected chi connectivity index (χ4v) is 5.13. The number of hydrogen-bond donors (Lipinski definition) is 1. The van der Waals surface area contributed by atoms with Crippen LogP contribution in [-0.4, -0.2) is 51.0 Å². The Morgan fingerprint density at radius 3 is 2.18 bits per heavy atom. The summed E-state index contributed by atoms with van der Waals surface area (Å²) in [7, 11) is -2.31. The first-order chi connectivity index (χ1) is 15.4. The lowest BCUT2D eigenvalue weighted by Gasteiger charge is -2.33. The molecule has 2 amide bonds. The average molecular weight is 514 g/mol. The molecule has 0 saturated carbocycles. The second-order valence-electron chi connectivity index (χ2n) is 7.81. The van der Waals surface area contributed by atoms with Crippen molar-refractivity contribution in [2.75, 3.05) is 24.2 Å². The molecule has 10 heteroatoms. The predicted molar refractivity (Wildman–Crippen MR) is 133 cm³/mol. The molecule has 2 rings (SSSR count). The van der Waals surface area contributed by atoms with Gasteiger partial charge in [-0.1, -0.05) is 54.4 Å². The van der Waals surface area contributed by atoms with E-state index in [1.165, 1.54) is 11.9 Å². The van der Waals surface area contributed by atoms with Gasteiger partial charge in [0.15, 0.2) is 0 Å². The molecule has 0 aliphatic heterocycles. The number of benzene rings is 2. The minimum Gasteiger partial charge on any atom is -0.357 e. The SMILES string of the molecule is CC[C@@H](C(=O)NC)N(Cc1ccc(Cl)cc1Cl)C(=O)CN(c1c(C)cccc1C)S(C)(=O)=O. The van der Waals surface area contributed by atoms with E-state index in [0.29, 0.717) is 27.7 Å². The van der Waals surface area contributed by atoms with Crippen LogP contribution in [-0.2, 0) is 26.2 Å². The molecule has 2 aromatic rings. The smallest absolute Gasteiger partial charge is 0.244 e. The van der Waals surface area contributed by atoms with Gasteiger partial charge in [-0.25, -0.2) is 8.42 Å². The number of amides is 2. The van der Waals surface area contributed by atoms with Crippen LogP contribution in [0.5, 0.6) is 0 Å². The van der Waals surface area contributed by atoms with Crippen molar-refractivity contribution >= 4 is 50.7 Å². The van der Waals surface area contributed by atoms with Crippen LogP contribution in [0.2, 0.25) is 10.0 Å². The number of aryl methyl sites for hydroxylation is 2. The van der Waals surface area contributed by atoms with E-state index in [4.69, 9.17) is 23.2 Å². The molecule has 0 aromatic heterocycles. The molecule has 0 aliphatic carbocycles. The summed E-state index contributed by atoms with van der Waals surface area (Å²) in [6, 6.07) is 9.47. The van der Waals surface area contributed by atoms with Gasteiger partial charge in [0.05, 0.1) is 11.9 Å². The molecule has 33 heavy (non-hydrogen) atoms. The van der Waals surface area contributed by atoms with Crippen molar-refractivity contribution in [3.8, 4) is 0 Å². The molecule has 0 saturated heterocycles. The summed E-state index contributed by atoms with van der Waals surface area (Å²) in [6.07, 6.45) is 1.39. The number of carbonyl (C=O) groups is 2. The highest BCUT2D eigenvalue weighted by molar-refractivity contribution is 7.92. The first-order valence-electron chi connectivity index (χ1n) is 10.4. The highest BCUT2D eigenvalue weighted by Gasteiger charge is 2.32. The summed E-state index contributed by atoms with van der Waals surface area (Å²) < 4.78 is 26.5. The van der Waals surface area contributed by atoms with Gasteiger partial charge < -0.3 is 10.2 Å². The van der Waals surface area contributed by atoms with Crippen molar-refractivity contribution in [3.63, 3.8) is 0 Å². The molecule has 0 spiro atoms. The molecule has 2 aromatic carbocycles. The normalized spacial score (nSPS) is 12.2. The van der Waals surface area contributed by atoms with Gasteiger partial charge in [-0.3, -0.25) is 13.9 Å². The van der Waals surface area contributed by atoms with Crippen molar-refractivity contribution < 1.29 is 18.0 Å². The van der Waals surface area contributed by atoms with Crippen LogP contribution in [0.1, 0.15) is 30.0 Å². The highest BCUT2D eigenvalue weighted by atomic mass is 35.5. The van der Waals surface area contributed by atoms with Gasteiger partial charge in [-0.15, -0.1) is 0 Å². The Kier molecular flexibility index (Phi) is 9.17. The van der Waals surface area contributed by atoms with Crippen LogP contribution in [0.3, 0.4) is 0 Å². The largest absolute Gasteiger partial charge is 0.357 e. The maximum Gasteiger partial charge on any atom is 0.244 e. The third-order valence-electron chi connectivity index (χ3n) is 5.36. The number of para-hydroxylation sites is 1. The molecule has 7 nitrogen and oxygen atoms in total. The Labute approximate surface area is 205 Å². The van der Waals surface area contributed by atoms with Crippen LogP contribution < -0.4 is 9.62 Å². The van der Waals surface area contributed by atoms with Crippen LogP contribution in [0.4, 0.5) is 5.69 Å². The molecule has 180 valence electrons. The Hall–Kier alpha value is -2.29. The molecule has 0 heterocycles. The van der Waals surface area contributed by atoms with E-state index < -0.39 is 28.5 Å². The molecule has 0 bridgehead atoms. The number of nitrogens with zero attached hydrogens (tertiary/aromatic N) is 2. The number of halogens is 2. The number of sulfonamides is 1. The molecule has 0 radical (unpaired) electrons. The maximum absolute atomic E-state index is 13.6. The Morgan fingerprint density at radius 2 is 1.70 bits per heavy atom. The minimum absolute atomic E-state index is 0.0190. The topological polar surface area (TPSA) is 86.8 Å². The van der Waals surface area contributed by atoms with Gasteiger partial charge in [-0.05, 0) is 49.1 Å². The van der Waals surface area contributed by atoms with Crippen LogP contribution in [0, 0.1) is 13.8 Å². The van der Waals surface area contributed by atoms with Gasteiger partial charge in [0.25, 0.3) is 0 Å². The molecule has 0 aliphatic rings. The van der Waals surface area contributed by atoms with Crippen molar-refractivity contribution in [2.24, 2.45) is 0 Å². The van der Waals surface area contributed by atoms with Gasteiger partial charge >= 0.3 is 0 Å². The summed E-state index contributed by atoms with van der Waals surface area (Å²) in [4.78, 5) is 27.5. The standard InChI is InChI=1S/C23H29Cl2N3O4S/c1-6-20(23(30)26-4)27(13-17-10-11-18(24)12-19(17)25)21(29)14-28(33(5,31)32)22-15(2)8-7-9-16(22)3/h7-12,20H,6,13-14H2,1-5H3,(H,26,30)/t20-/m0/s1. The first-order valence-corrected chi connectivity index (χ1v) is 13.0. The minimum atomic E-state index is -3.79. The molecule has 0 fully saturated rings. The number of rotatable bonds is 9. The third-order valence-corrected chi connectivity index (χ3v) is 7.06. The lowest BCUT2D eigenvalue weighted by molar-refractivity contribution is -0.140. The number of hydrogen-bond acceptors (Lipinski definition) is 4. The van der Waals surface area contributed by atoms with Gasteiger partial charge in [-0.2, -0.15) is 0 Å². The van der Waals surface area contributed by atoms with Crippen molar-refractivity contribution in [1.29, 1.82) is 0 Å². The van der Waals surface area contributed by atoms with E-state index >= 15 is 0 Å². The number of nitrogens with one attached hydrogen (secondary N) is 1. The first kappa shape index (κ1) is 27.0. The van der Waals surface area contributed by atoms with E-state index in [-0.39, 0.29) is 12.5 Å². The highest BCUT2D eigenvalue weighted by Crippen LogP contribution is 2.28. The average Bonchev–Trinajstić information content (AvgIpc) is 2.73. The maximum atomic E-state index is 13.6. The van der Waals surface area contributed by atoms with Gasteiger partial charge in [0.1, 0.15) is 12.6 Å². The zero-order chi connectivity index (χ0) is 24.9. The lowest BCUT2D eigenvalue weighted by atomic mass is 10.1. The Morgan fingerprint density at radius 1 is 1.09 bits per heavy atom. The molecule has 1 N–H and O–H groups in total. The second-order valence-corrected chi connectivity index (χ2v) is 10.6. The van der Waals surface area contributed by atoms with E-state index in [1.807, 2.05) is 6.07 Å². The van der Waals surface area contributed by atoms with Gasteiger partial charge in [0.2, 0.25) is 21.8 Å². The molecular weight excluding hydrogens is 485 g/mol. The summed E-state index contributed by atoms with van der Waals surface area (Å²) in [5.74, 6) is -0.876. The molecule has 1 atom stereocenters. The summed E-state index contributed by atoms with van der Waals surface area (Å²) in [6.45, 7) is 4.92.